The average molecular weight is 285 g/mol. The summed E-state index contributed by atoms with van der Waals surface area (Å²) in [7, 11) is 0. The molecule has 1 aromatic heterocycles. The van der Waals surface area contributed by atoms with Crippen LogP contribution >= 0.6 is 0 Å². The molecule has 1 atom stereocenters. The van der Waals surface area contributed by atoms with Crippen LogP contribution in [0.3, 0.4) is 0 Å². The Labute approximate surface area is 126 Å². The van der Waals surface area contributed by atoms with Gasteiger partial charge < -0.3 is 4.90 Å². The van der Waals surface area contributed by atoms with E-state index in [2.05, 4.69) is 63.1 Å². The summed E-state index contributed by atoms with van der Waals surface area (Å²) in [5, 5.41) is 7.15. The van der Waals surface area contributed by atoms with E-state index < -0.39 is 0 Å². The summed E-state index contributed by atoms with van der Waals surface area (Å²) >= 11 is 0. The third kappa shape index (κ3) is 3.24. The number of hydrogen-bond acceptors (Lipinski definition) is 4. The van der Waals surface area contributed by atoms with Gasteiger partial charge in [0.05, 0.1) is 6.54 Å². The van der Waals surface area contributed by atoms with Crippen LogP contribution in [0.1, 0.15) is 24.1 Å². The SMILES string of the molecule is Cc1ccc(N2CCN(Cc3n[nH]c(C)n3)C(C)C2)cc1. The van der Waals surface area contributed by atoms with Crippen LogP contribution in [0.5, 0.6) is 0 Å². The van der Waals surface area contributed by atoms with E-state index in [9.17, 15) is 0 Å². The number of benzene rings is 1. The van der Waals surface area contributed by atoms with Gasteiger partial charge in [-0.05, 0) is 32.9 Å². The van der Waals surface area contributed by atoms with Gasteiger partial charge in [0.1, 0.15) is 5.82 Å². The average Bonchev–Trinajstić information content (AvgIpc) is 2.87. The summed E-state index contributed by atoms with van der Waals surface area (Å²) < 4.78 is 0. The van der Waals surface area contributed by atoms with E-state index in [1.807, 2.05) is 6.92 Å². The minimum absolute atomic E-state index is 0.499. The van der Waals surface area contributed by atoms with Crippen molar-refractivity contribution in [3.63, 3.8) is 0 Å². The molecule has 5 nitrogen and oxygen atoms in total. The Morgan fingerprint density at radius 2 is 1.95 bits per heavy atom. The summed E-state index contributed by atoms with van der Waals surface area (Å²) in [6, 6.07) is 9.30. The molecule has 0 amide bonds. The first kappa shape index (κ1) is 14.1. The third-order valence-electron chi connectivity index (χ3n) is 4.15. The van der Waals surface area contributed by atoms with Crippen molar-refractivity contribution in [2.45, 2.75) is 33.4 Å². The van der Waals surface area contributed by atoms with Crippen molar-refractivity contribution in [1.82, 2.24) is 20.1 Å². The van der Waals surface area contributed by atoms with Crippen LogP contribution in [0.25, 0.3) is 0 Å². The molecule has 1 aliphatic heterocycles. The number of rotatable bonds is 3. The molecule has 5 heteroatoms. The van der Waals surface area contributed by atoms with Crippen LogP contribution in [-0.2, 0) is 6.54 Å². The van der Waals surface area contributed by atoms with Gasteiger partial charge in [-0.2, -0.15) is 5.10 Å². The maximum Gasteiger partial charge on any atom is 0.164 e. The van der Waals surface area contributed by atoms with Crippen LogP contribution in [0.2, 0.25) is 0 Å². The molecule has 1 N–H and O–H groups in total. The summed E-state index contributed by atoms with van der Waals surface area (Å²) in [5.41, 5.74) is 2.63. The molecule has 0 radical (unpaired) electrons. The predicted molar refractivity (Wildman–Crippen MR) is 84.4 cm³/mol. The number of anilines is 1. The standard InChI is InChI=1S/C16H23N5/c1-12-4-6-15(7-5-12)21-9-8-20(13(2)10-21)11-16-17-14(3)18-19-16/h4-7,13H,8-11H2,1-3H3,(H,17,18,19). The van der Waals surface area contributed by atoms with Crippen molar-refractivity contribution in [3.05, 3.63) is 41.5 Å². The van der Waals surface area contributed by atoms with Gasteiger partial charge in [0.2, 0.25) is 0 Å². The molecule has 3 rings (SSSR count). The van der Waals surface area contributed by atoms with Crippen LogP contribution in [0.15, 0.2) is 24.3 Å². The highest BCUT2D eigenvalue weighted by Gasteiger charge is 2.24. The van der Waals surface area contributed by atoms with E-state index in [1.165, 1.54) is 11.3 Å². The minimum atomic E-state index is 0.499. The maximum absolute atomic E-state index is 4.40. The van der Waals surface area contributed by atoms with Crippen molar-refractivity contribution < 1.29 is 0 Å². The molecule has 1 aromatic carbocycles. The van der Waals surface area contributed by atoms with Gasteiger partial charge >= 0.3 is 0 Å². The molecule has 2 aromatic rings. The Bertz CT molecular complexity index is 589. The van der Waals surface area contributed by atoms with E-state index >= 15 is 0 Å². The zero-order valence-corrected chi connectivity index (χ0v) is 13.0. The molecular formula is C16H23N5. The van der Waals surface area contributed by atoms with Crippen LogP contribution in [0.4, 0.5) is 5.69 Å². The van der Waals surface area contributed by atoms with Crippen molar-refractivity contribution in [1.29, 1.82) is 0 Å². The molecule has 0 spiro atoms. The van der Waals surface area contributed by atoms with Crippen molar-refractivity contribution in [2.75, 3.05) is 24.5 Å². The van der Waals surface area contributed by atoms with Crippen molar-refractivity contribution >= 4 is 5.69 Å². The van der Waals surface area contributed by atoms with Gasteiger partial charge in [-0.1, -0.05) is 17.7 Å². The van der Waals surface area contributed by atoms with Gasteiger partial charge in [0.15, 0.2) is 5.82 Å². The maximum atomic E-state index is 4.40. The van der Waals surface area contributed by atoms with Gasteiger partial charge in [-0.25, -0.2) is 4.98 Å². The number of aromatic nitrogens is 3. The number of H-pyrrole nitrogens is 1. The molecule has 0 bridgehead atoms. The smallest absolute Gasteiger partial charge is 0.164 e. The van der Waals surface area contributed by atoms with Gasteiger partial charge in [0.25, 0.3) is 0 Å². The quantitative estimate of drug-likeness (QED) is 0.938. The number of aryl methyl sites for hydroxylation is 2. The summed E-state index contributed by atoms with van der Waals surface area (Å²) in [5.74, 6) is 1.78. The third-order valence-corrected chi connectivity index (χ3v) is 4.15. The number of hydrogen-bond donors (Lipinski definition) is 1. The van der Waals surface area contributed by atoms with Crippen LogP contribution < -0.4 is 4.90 Å². The highest BCUT2D eigenvalue weighted by atomic mass is 15.3. The Morgan fingerprint density at radius 3 is 2.57 bits per heavy atom. The Hall–Kier alpha value is -1.88. The summed E-state index contributed by atoms with van der Waals surface area (Å²) in [6.07, 6.45) is 0. The fraction of sp³-hybridized carbons (Fsp3) is 0.500. The molecule has 1 aliphatic rings. The molecule has 0 aliphatic carbocycles. The van der Waals surface area contributed by atoms with Gasteiger partial charge in [-0.15, -0.1) is 0 Å². The molecule has 2 heterocycles. The lowest BCUT2D eigenvalue weighted by atomic mass is 10.1. The monoisotopic (exact) mass is 285 g/mol. The second-order valence-corrected chi connectivity index (χ2v) is 5.94. The molecule has 1 unspecified atom stereocenters. The predicted octanol–water partition coefficient (Wildman–Crippen LogP) is 2.13. The zero-order chi connectivity index (χ0) is 14.8. The Kier molecular flexibility index (Phi) is 3.92. The minimum Gasteiger partial charge on any atom is -0.369 e. The fourth-order valence-corrected chi connectivity index (χ4v) is 2.86. The van der Waals surface area contributed by atoms with E-state index in [0.717, 1.165) is 37.8 Å². The second-order valence-electron chi connectivity index (χ2n) is 5.94. The van der Waals surface area contributed by atoms with Crippen molar-refractivity contribution in [3.8, 4) is 0 Å². The zero-order valence-electron chi connectivity index (χ0n) is 13.0. The number of nitrogens with zero attached hydrogens (tertiary/aromatic N) is 4. The van der Waals surface area contributed by atoms with E-state index in [1.54, 1.807) is 0 Å². The normalized spacial score (nSPS) is 20.0. The molecule has 112 valence electrons. The van der Waals surface area contributed by atoms with Gasteiger partial charge in [0, 0.05) is 31.4 Å². The van der Waals surface area contributed by atoms with E-state index in [-0.39, 0.29) is 0 Å². The second kappa shape index (κ2) is 5.85. The van der Waals surface area contributed by atoms with Crippen LogP contribution in [-0.4, -0.2) is 45.8 Å². The first-order valence-corrected chi connectivity index (χ1v) is 7.55. The first-order chi connectivity index (χ1) is 10.1. The summed E-state index contributed by atoms with van der Waals surface area (Å²) in [4.78, 5) is 9.32. The lowest BCUT2D eigenvalue weighted by molar-refractivity contribution is 0.177. The molecule has 21 heavy (non-hydrogen) atoms. The highest BCUT2D eigenvalue weighted by Crippen LogP contribution is 2.20. The topological polar surface area (TPSA) is 48.0 Å². The lowest BCUT2D eigenvalue weighted by Crippen LogP contribution is -2.51. The molecule has 1 saturated heterocycles. The van der Waals surface area contributed by atoms with E-state index in [4.69, 9.17) is 0 Å². The number of piperazine rings is 1. The molecular weight excluding hydrogens is 262 g/mol. The summed E-state index contributed by atoms with van der Waals surface area (Å²) in [6.45, 7) is 10.3. The first-order valence-electron chi connectivity index (χ1n) is 7.55. The molecule has 1 fully saturated rings. The van der Waals surface area contributed by atoms with Crippen LogP contribution in [0, 0.1) is 13.8 Å². The molecule has 0 saturated carbocycles. The number of aromatic amines is 1. The van der Waals surface area contributed by atoms with Gasteiger partial charge in [-0.3, -0.25) is 10.00 Å². The van der Waals surface area contributed by atoms with Crippen molar-refractivity contribution in [2.24, 2.45) is 0 Å². The van der Waals surface area contributed by atoms with E-state index in [0.29, 0.717) is 6.04 Å². The lowest BCUT2D eigenvalue weighted by Gasteiger charge is -2.40. The Morgan fingerprint density at radius 1 is 1.19 bits per heavy atom. The number of nitrogens with one attached hydrogen (secondary N) is 1. The Balaban J connectivity index is 1.62. The highest BCUT2D eigenvalue weighted by molar-refractivity contribution is 5.48. The largest absolute Gasteiger partial charge is 0.369 e. The fourth-order valence-electron chi connectivity index (χ4n) is 2.86.